The summed E-state index contributed by atoms with van der Waals surface area (Å²) in [6, 6.07) is 14.2. The van der Waals surface area contributed by atoms with Crippen LogP contribution in [0.25, 0.3) is 0 Å². The standard InChI is InChI=1S/C20H20ClN3O3/c21-14-5-3-4-13(12-14)17(25)18(26)24-10-8-20(9-11-24)19(27)22-15-6-1-2-7-16(15)23-20/h1-7,12,17,23,25H,8-11H2,(H,22,27). The second kappa shape index (κ2) is 6.87. The van der Waals surface area contributed by atoms with Gasteiger partial charge >= 0.3 is 0 Å². The smallest absolute Gasteiger partial charge is 0.256 e. The summed E-state index contributed by atoms with van der Waals surface area (Å²) >= 11 is 5.95. The number of anilines is 2. The fraction of sp³-hybridized carbons (Fsp3) is 0.300. The molecular formula is C20H20ClN3O3. The number of hydrogen-bond donors (Lipinski definition) is 3. The van der Waals surface area contributed by atoms with Crippen molar-refractivity contribution in [2.75, 3.05) is 23.7 Å². The molecule has 0 radical (unpaired) electrons. The van der Waals surface area contributed by atoms with Gasteiger partial charge in [0.2, 0.25) is 5.91 Å². The van der Waals surface area contributed by atoms with Gasteiger partial charge in [-0.3, -0.25) is 9.59 Å². The lowest BCUT2D eigenvalue weighted by molar-refractivity contribution is -0.143. The maximum Gasteiger partial charge on any atom is 0.256 e. The minimum atomic E-state index is -1.26. The van der Waals surface area contributed by atoms with Crippen LogP contribution in [0.4, 0.5) is 11.4 Å². The molecule has 2 amide bonds. The van der Waals surface area contributed by atoms with E-state index >= 15 is 0 Å². The average Bonchev–Trinajstić information content (AvgIpc) is 2.68. The van der Waals surface area contributed by atoms with E-state index in [0.717, 1.165) is 11.4 Å². The minimum absolute atomic E-state index is 0.0799. The van der Waals surface area contributed by atoms with Gasteiger partial charge in [0.25, 0.3) is 5.91 Å². The van der Waals surface area contributed by atoms with Crippen LogP contribution in [0, 0.1) is 0 Å². The van der Waals surface area contributed by atoms with Crippen LogP contribution in [0.3, 0.4) is 0 Å². The lowest BCUT2D eigenvalue weighted by Gasteiger charge is -2.44. The maximum atomic E-state index is 12.7. The molecule has 1 fully saturated rings. The molecule has 1 unspecified atom stereocenters. The van der Waals surface area contributed by atoms with Gasteiger partial charge in [-0.05, 0) is 42.7 Å². The highest BCUT2D eigenvalue weighted by Crippen LogP contribution is 2.36. The molecule has 2 aromatic rings. The van der Waals surface area contributed by atoms with Gasteiger partial charge in [-0.15, -0.1) is 0 Å². The summed E-state index contributed by atoms with van der Waals surface area (Å²) in [6.07, 6.45) is -0.311. The van der Waals surface area contributed by atoms with Crippen molar-refractivity contribution < 1.29 is 14.7 Å². The summed E-state index contributed by atoms with van der Waals surface area (Å²) in [5, 5.41) is 17.2. The van der Waals surface area contributed by atoms with Crippen LogP contribution in [0.5, 0.6) is 0 Å². The van der Waals surface area contributed by atoms with E-state index in [4.69, 9.17) is 11.6 Å². The minimum Gasteiger partial charge on any atom is -0.378 e. The summed E-state index contributed by atoms with van der Waals surface area (Å²) < 4.78 is 0. The molecule has 3 N–H and O–H groups in total. The molecule has 0 saturated carbocycles. The molecular weight excluding hydrogens is 366 g/mol. The Labute approximate surface area is 162 Å². The van der Waals surface area contributed by atoms with Gasteiger partial charge in [0.15, 0.2) is 6.10 Å². The number of benzene rings is 2. The molecule has 1 atom stereocenters. The van der Waals surface area contributed by atoms with Gasteiger partial charge in [0.05, 0.1) is 11.4 Å². The molecule has 0 aromatic heterocycles. The molecule has 140 valence electrons. The second-order valence-corrected chi connectivity index (χ2v) is 7.43. The van der Waals surface area contributed by atoms with E-state index in [1.165, 1.54) is 0 Å². The van der Waals surface area contributed by atoms with Crippen LogP contribution in [-0.2, 0) is 9.59 Å². The molecule has 27 heavy (non-hydrogen) atoms. The van der Waals surface area contributed by atoms with Gasteiger partial charge in [-0.2, -0.15) is 0 Å². The first-order valence-corrected chi connectivity index (χ1v) is 9.27. The number of para-hydroxylation sites is 2. The Morgan fingerprint density at radius 3 is 2.52 bits per heavy atom. The van der Waals surface area contributed by atoms with E-state index in [-0.39, 0.29) is 11.8 Å². The Morgan fingerprint density at radius 1 is 1.11 bits per heavy atom. The van der Waals surface area contributed by atoms with Crippen molar-refractivity contribution in [2.24, 2.45) is 0 Å². The first-order valence-electron chi connectivity index (χ1n) is 8.89. The fourth-order valence-corrected chi connectivity index (χ4v) is 3.91. The molecule has 2 aliphatic heterocycles. The van der Waals surface area contributed by atoms with E-state index in [2.05, 4.69) is 10.6 Å². The SMILES string of the molecule is O=C(C(O)c1cccc(Cl)c1)N1CCC2(CC1)Nc1ccccc1NC2=O. The highest BCUT2D eigenvalue weighted by molar-refractivity contribution is 6.30. The van der Waals surface area contributed by atoms with Crippen molar-refractivity contribution in [3.63, 3.8) is 0 Å². The van der Waals surface area contributed by atoms with Crippen LogP contribution in [0.2, 0.25) is 5.02 Å². The fourth-order valence-electron chi connectivity index (χ4n) is 3.71. The normalized spacial score (nSPS) is 19.0. The number of carbonyl (C=O) groups is 2. The first-order chi connectivity index (χ1) is 13.0. The zero-order valence-electron chi connectivity index (χ0n) is 14.6. The molecule has 2 aliphatic rings. The monoisotopic (exact) mass is 385 g/mol. The Kier molecular flexibility index (Phi) is 4.53. The van der Waals surface area contributed by atoms with Crippen LogP contribution >= 0.6 is 11.6 Å². The third-order valence-corrected chi connectivity index (χ3v) is 5.55. The number of carbonyl (C=O) groups excluding carboxylic acids is 2. The molecule has 1 spiro atoms. The van der Waals surface area contributed by atoms with Crippen molar-refractivity contribution in [1.29, 1.82) is 0 Å². The van der Waals surface area contributed by atoms with Gasteiger partial charge in [0, 0.05) is 18.1 Å². The molecule has 0 bridgehead atoms. The lowest BCUT2D eigenvalue weighted by Crippen LogP contribution is -2.59. The predicted molar refractivity (Wildman–Crippen MR) is 104 cm³/mol. The van der Waals surface area contributed by atoms with Crippen LogP contribution in [-0.4, -0.2) is 40.4 Å². The average molecular weight is 386 g/mol. The number of halogens is 1. The largest absolute Gasteiger partial charge is 0.378 e. The highest BCUT2D eigenvalue weighted by atomic mass is 35.5. The Bertz CT molecular complexity index is 894. The molecule has 0 aliphatic carbocycles. The summed E-state index contributed by atoms with van der Waals surface area (Å²) in [5.74, 6) is -0.451. The van der Waals surface area contributed by atoms with Crippen LogP contribution in [0.15, 0.2) is 48.5 Å². The summed E-state index contributed by atoms with van der Waals surface area (Å²) in [6.45, 7) is 0.776. The topological polar surface area (TPSA) is 81.7 Å². The zero-order valence-corrected chi connectivity index (χ0v) is 15.4. The van der Waals surface area contributed by atoms with E-state index in [9.17, 15) is 14.7 Å². The maximum absolute atomic E-state index is 12.7. The quantitative estimate of drug-likeness (QED) is 0.742. The van der Waals surface area contributed by atoms with E-state index in [1.807, 2.05) is 24.3 Å². The number of fused-ring (bicyclic) bond motifs is 1. The molecule has 2 heterocycles. The van der Waals surface area contributed by atoms with Crippen molar-refractivity contribution in [2.45, 2.75) is 24.5 Å². The van der Waals surface area contributed by atoms with Crippen molar-refractivity contribution in [1.82, 2.24) is 4.90 Å². The van der Waals surface area contributed by atoms with Gasteiger partial charge < -0.3 is 20.6 Å². The summed E-state index contributed by atoms with van der Waals surface area (Å²) in [7, 11) is 0. The first kappa shape index (κ1) is 17.8. The number of aliphatic hydroxyl groups excluding tert-OH is 1. The molecule has 4 rings (SSSR count). The molecule has 7 heteroatoms. The van der Waals surface area contributed by atoms with Crippen LogP contribution < -0.4 is 10.6 Å². The van der Waals surface area contributed by atoms with E-state index in [0.29, 0.717) is 36.5 Å². The van der Waals surface area contributed by atoms with Crippen molar-refractivity contribution >= 4 is 34.8 Å². The van der Waals surface area contributed by atoms with E-state index < -0.39 is 11.6 Å². The molecule has 6 nitrogen and oxygen atoms in total. The third-order valence-electron chi connectivity index (χ3n) is 5.31. The summed E-state index contributed by atoms with van der Waals surface area (Å²) in [5.41, 5.74) is 1.39. The highest BCUT2D eigenvalue weighted by Gasteiger charge is 2.45. The van der Waals surface area contributed by atoms with Crippen molar-refractivity contribution in [3.05, 3.63) is 59.1 Å². The number of rotatable bonds is 2. The molecule has 2 aromatic carbocycles. The number of hydrogen-bond acceptors (Lipinski definition) is 4. The number of nitrogens with zero attached hydrogens (tertiary/aromatic N) is 1. The predicted octanol–water partition coefficient (Wildman–Crippen LogP) is 2.80. The van der Waals surface area contributed by atoms with Crippen LogP contribution in [0.1, 0.15) is 24.5 Å². The Morgan fingerprint density at radius 2 is 1.81 bits per heavy atom. The van der Waals surface area contributed by atoms with Crippen molar-refractivity contribution in [3.8, 4) is 0 Å². The number of amides is 2. The summed E-state index contributed by atoms with van der Waals surface area (Å²) in [4.78, 5) is 26.9. The Balaban J connectivity index is 1.46. The van der Waals surface area contributed by atoms with E-state index in [1.54, 1.807) is 29.2 Å². The number of piperidine rings is 1. The zero-order chi connectivity index (χ0) is 19.0. The van der Waals surface area contributed by atoms with Gasteiger partial charge in [0.1, 0.15) is 5.54 Å². The number of nitrogens with one attached hydrogen (secondary N) is 2. The molecule has 1 saturated heterocycles. The number of likely N-dealkylation sites (tertiary alicyclic amines) is 1. The number of aliphatic hydroxyl groups is 1. The second-order valence-electron chi connectivity index (χ2n) is 6.99. The third kappa shape index (κ3) is 3.26. The lowest BCUT2D eigenvalue weighted by atomic mass is 9.84. The van der Waals surface area contributed by atoms with Gasteiger partial charge in [-0.1, -0.05) is 35.9 Å². The Hall–Kier alpha value is -2.57. The van der Waals surface area contributed by atoms with Gasteiger partial charge in [-0.25, -0.2) is 0 Å².